The van der Waals surface area contributed by atoms with Crippen molar-refractivity contribution in [3.05, 3.63) is 71.1 Å². The van der Waals surface area contributed by atoms with Gasteiger partial charge in [-0.15, -0.1) is 0 Å². The van der Waals surface area contributed by atoms with E-state index in [-0.39, 0.29) is 5.82 Å². The quantitative estimate of drug-likeness (QED) is 0.454. The Morgan fingerprint density at radius 2 is 1.77 bits per heavy atom. The molecule has 31 heavy (non-hydrogen) atoms. The summed E-state index contributed by atoms with van der Waals surface area (Å²) in [6.45, 7) is 0.486. The number of rotatable bonds is 7. The van der Waals surface area contributed by atoms with E-state index < -0.39 is 0 Å². The summed E-state index contributed by atoms with van der Waals surface area (Å²) >= 11 is 6.45. The van der Waals surface area contributed by atoms with Gasteiger partial charge in [-0.25, -0.2) is 14.4 Å². The highest BCUT2D eigenvalue weighted by Crippen LogP contribution is 2.30. The van der Waals surface area contributed by atoms with E-state index in [0.717, 1.165) is 48.3 Å². The lowest BCUT2D eigenvalue weighted by Crippen LogP contribution is -2.35. The van der Waals surface area contributed by atoms with Gasteiger partial charge in [-0.2, -0.15) is 0 Å². The Bertz CT molecular complexity index is 1020. The van der Waals surface area contributed by atoms with Crippen LogP contribution >= 0.6 is 11.6 Å². The minimum absolute atomic E-state index is 0.246. The van der Waals surface area contributed by atoms with Crippen LogP contribution < -0.4 is 16.0 Å². The smallest absolute Gasteiger partial charge is 0.126 e. The first-order chi connectivity index (χ1) is 15.1. The zero-order valence-electron chi connectivity index (χ0n) is 17.5. The van der Waals surface area contributed by atoms with Crippen LogP contribution in [0.1, 0.15) is 31.2 Å². The third-order valence-corrected chi connectivity index (χ3v) is 6.03. The van der Waals surface area contributed by atoms with E-state index in [9.17, 15) is 4.39 Å². The second-order valence-electron chi connectivity index (χ2n) is 7.92. The second-order valence-corrected chi connectivity index (χ2v) is 8.33. The van der Waals surface area contributed by atoms with Gasteiger partial charge in [-0.05, 0) is 68.6 Å². The third kappa shape index (κ3) is 5.71. The van der Waals surface area contributed by atoms with Crippen LogP contribution in [0.2, 0.25) is 5.02 Å². The van der Waals surface area contributed by atoms with Crippen LogP contribution in [-0.2, 0) is 6.54 Å². The van der Waals surface area contributed by atoms with E-state index in [4.69, 9.17) is 16.6 Å². The van der Waals surface area contributed by atoms with Crippen molar-refractivity contribution in [2.75, 3.05) is 17.7 Å². The van der Waals surface area contributed by atoms with Gasteiger partial charge in [-0.3, -0.25) is 0 Å². The highest BCUT2D eigenvalue weighted by molar-refractivity contribution is 6.33. The monoisotopic (exact) mass is 439 g/mol. The fraction of sp³-hybridized carbons (Fsp3) is 0.333. The van der Waals surface area contributed by atoms with Gasteiger partial charge in [0.1, 0.15) is 17.5 Å². The molecule has 1 aliphatic rings. The molecular formula is C24H27ClFN5. The minimum atomic E-state index is -0.246. The highest BCUT2D eigenvalue weighted by atomic mass is 35.5. The van der Waals surface area contributed by atoms with Gasteiger partial charge in [-0.1, -0.05) is 29.8 Å². The standard InChI is InChI=1S/C24H27ClFN5/c1-27-18-8-10-19(11-9-18)30-24-13-20(21(25)15-29-24)22-6-3-7-23(31-22)28-14-16-4-2-5-17(26)12-16/h2-7,12-13,15,18-19,27H,8-11,14H2,1H3,(H,28,31)(H,29,30)/t18-,19-. The van der Waals surface area contributed by atoms with Gasteiger partial charge in [0.15, 0.2) is 0 Å². The number of hydrogen-bond donors (Lipinski definition) is 3. The molecule has 0 unspecified atom stereocenters. The normalized spacial score (nSPS) is 18.5. The summed E-state index contributed by atoms with van der Waals surface area (Å²) in [6.07, 6.45) is 6.23. The summed E-state index contributed by atoms with van der Waals surface area (Å²) in [4.78, 5) is 9.16. The molecule has 3 aromatic rings. The molecule has 2 heterocycles. The first-order valence-corrected chi connectivity index (χ1v) is 11.0. The predicted molar refractivity (Wildman–Crippen MR) is 125 cm³/mol. The lowest BCUT2D eigenvalue weighted by Gasteiger charge is -2.29. The number of anilines is 2. The molecule has 0 spiro atoms. The largest absolute Gasteiger partial charge is 0.367 e. The SMILES string of the molecule is CN[C@H]1CC[C@H](Nc2cc(-c3cccc(NCc4cccc(F)c4)n3)c(Cl)cn2)CC1. The lowest BCUT2D eigenvalue weighted by molar-refractivity contribution is 0.371. The third-order valence-electron chi connectivity index (χ3n) is 5.73. The number of halogens is 2. The summed E-state index contributed by atoms with van der Waals surface area (Å²) in [5.41, 5.74) is 2.45. The van der Waals surface area contributed by atoms with Crippen molar-refractivity contribution in [1.29, 1.82) is 0 Å². The Morgan fingerprint density at radius 1 is 1.00 bits per heavy atom. The molecule has 0 atom stereocenters. The van der Waals surface area contributed by atoms with Crippen LogP contribution in [0.5, 0.6) is 0 Å². The van der Waals surface area contributed by atoms with Crippen LogP contribution in [0, 0.1) is 5.82 Å². The molecule has 5 nitrogen and oxygen atoms in total. The van der Waals surface area contributed by atoms with Crippen molar-refractivity contribution in [3.63, 3.8) is 0 Å². The summed E-state index contributed by atoms with van der Waals surface area (Å²) in [7, 11) is 2.03. The van der Waals surface area contributed by atoms with E-state index in [0.29, 0.717) is 29.5 Å². The Morgan fingerprint density at radius 3 is 2.55 bits per heavy atom. The highest BCUT2D eigenvalue weighted by Gasteiger charge is 2.20. The van der Waals surface area contributed by atoms with Crippen molar-refractivity contribution in [3.8, 4) is 11.3 Å². The number of nitrogens with one attached hydrogen (secondary N) is 3. The summed E-state index contributed by atoms with van der Waals surface area (Å²) in [5, 5.41) is 10.7. The van der Waals surface area contributed by atoms with Gasteiger partial charge in [0, 0.05) is 30.4 Å². The van der Waals surface area contributed by atoms with E-state index in [1.807, 2.05) is 37.4 Å². The van der Waals surface area contributed by atoms with Gasteiger partial charge in [0.2, 0.25) is 0 Å². The van der Waals surface area contributed by atoms with Gasteiger partial charge in [0.25, 0.3) is 0 Å². The van der Waals surface area contributed by atoms with Crippen molar-refractivity contribution in [2.24, 2.45) is 0 Å². The molecule has 7 heteroatoms. The molecule has 1 aliphatic carbocycles. The van der Waals surface area contributed by atoms with Crippen molar-refractivity contribution < 1.29 is 4.39 Å². The van der Waals surface area contributed by atoms with Crippen molar-refractivity contribution in [1.82, 2.24) is 15.3 Å². The lowest BCUT2D eigenvalue weighted by atomic mass is 9.91. The van der Waals surface area contributed by atoms with Crippen LogP contribution in [0.3, 0.4) is 0 Å². The Labute approximate surface area is 187 Å². The van der Waals surface area contributed by atoms with Gasteiger partial charge < -0.3 is 16.0 Å². The summed E-state index contributed by atoms with van der Waals surface area (Å²) in [6, 6.07) is 15.3. The molecule has 1 saturated carbocycles. The molecule has 1 fully saturated rings. The van der Waals surface area contributed by atoms with Gasteiger partial charge in [0.05, 0.1) is 10.7 Å². The Balaban J connectivity index is 1.46. The first-order valence-electron chi connectivity index (χ1n) is 10.7. The number of nitrogens with zero attached hydrogens (tertiary/aromatic N) is 2. The van der Waals surface area contributed by atoms with Crippen molar-refractivity contribution >= 4 is 23.2 Å². The second kappa shape index (κ2) is 10.1. The number of aromatic nitrogens is 2. The maximum Gasteiger partial charge on any atom is 0.126 e. The molecule has 4 rings (SSSR count). The van der Waals surface area contributed by atoms with E-state index in [1.54, 1.807) is 12.3 Å². The number of pyridine rings is 2. The van der Waals surface area contributed by atoms with E-state index >= 15 is 0 Å². The molecule has 0 radical (unpaired) electrons. The predicted octanol–water partition coefficient (Wildman–Crippen LogP) is 5.49. The number of benzene rings is 1. The molecule has 0 saturated heterocycles. The van der Waals surface area contributed by atoms with Crippen LogP contribution in [0.25, 0.3) is 11.3 Å². The maximum absolute atomic E-state index is 13.4. The Hall–Kier alpha value is -2.70. The van der Waals surface area contributed by atoms with Crippen LogP contribution in [0.15, 0.2) is 54.7 Å². The fourth-order valence-corrected chi connectivity index (χ4v) is 4.17. The average molecular weight is 440 g/mol. The molecule has 0 aliphatic heterocycles. The van der Waals surface area contributed by atoms with E-state index in [2.05, 4.69) is 20.9 Å². The van der Waals surface area contributed by atoms with Gasteiger partial charge >= 0.3 is 0 Å². The zero-order valence-corrected chi connectivity index (χ0v) is 18.3. The molecular weight excluding hydrogens is 413 g/mol. The van der Waals surface area contributed by atoms with Crippen LogP contribution in [0.4, 0.5) is 16.0 Å². The molecule has 0 bridgehead atoms. The maximum atomic E-state index is 13.4. The molecule has 2 aromatic heterocycles. The minimum Gasteiger partial charge on any atom is -0.367 e. The summed E-state index contributed by atoms with van der Waals surface area (Å²) < 4.78 is 13.4. The van der Waals surface area contributed by atoms with Crippen LogP contribution in [-0.4, -0.2) is 29.1 Å². The van der Waals surface area contributed by atoms with Crippen molar-refractivity contribution in [2.45, 2.75) is 44.3 Å². The van der Waals surface area contributed by atoms with E-state index in [1.165, 1.54) is 12.1 Å². The fourth-order valence-electron chi connectivity index (χ4n) is 3.97. The molecule has 1 aromatic carbocycles. The molecule has 0 amide bonds. The topological polar surface area (TPSA) is 61.9 Å². The average Bonchev–Trinajstić information content (AvgIpc) is 2.80. The molecule has 162 valence electrons. The number of hydrogen-bond acceptors (Lipinski definition) is 5. The summed E-state index contributed by atoms with van der Waals surface area (Å²) in [5.74, 6) is 1.27. The Kier molecular flexibility index (Phi) is 6.99. The first kappa shape index (κ1) is 21.5. The zero-order chi connectivity index (χ0) is 21.6. The molecule has 3 N–H and O–H groups in total.